The molecule has 0 saturated carbocycles. The van der Waals surface area contributed by atoms with Crippen LogP contribution in [0.15, 0.2) is 97.2 Å². The van der Waals surface area contributed by atoms with Gasteiger partial charge in [-0.2, -0.15) is 0 Å². The van der Waals surface area contributed by atoms with Crippen molar-refractivity contribution in [3.05, 3.63) is 114 Å². The molecule has 3 aromatic carbocycles. The molecule has 1 fully saturated rings. The lowest BCUT2D eigenvalue weighted by Gasteiger charge is -2.33. The SMILES string of the molecule is NC(=O)c1cnc(Nc2ccc(N3CCC(CCOCc4ccccc4)CC3)cc2)cc1NCc1ccccc1. The molecule has 1 amide bonds. The van der Waals surface area contributed by atoms with Gasteiger partial charge in [0.05, 0.1) is 17.9 Å². The molecule has 4 aromatic rings. The highest BCUT2D eigenvalue weighted by atomic mass is 16.5. The summed E-state index contributed by atoms with van der Waals surface area (Å²) in [5, 5.41) is 6.67. The van der Waals surface area contributed by atoms with Crippen molar-refractivity contribution in [2.45, 2.75) is 32.4 Å². The summed E-state index contributed by atoms with van der Waals surface area (Å²) in [6, 6.07) is 30.6. The number of nitrogens with one attached hydrogen (secondary N) is 2. The van der Waals surface area contributed by atoms with E-state index in [-0.39, 0.29) is 0 Å². The van der Waals surface area contributed by atoms with Gasteiger partial charge in [-0.25, -0.2) is 4.98 Å². The maximum atomic E-state index is 11.9. The van der Waals surface area contributed by atoms with Crippen molar-refractivity contribution >= 4 is 28.8 Å². The van der Waals surface area contributed by atoms with Crippen molar-refractivity contribution in [2.24, 2.45) is 11.7 Å². The number of nitrogens with two attached hydrogens (primary N) is 1. The maximum Gasteiger partial charge on any atom is 0.252 e. The molecule has 0 unspecified atom stereocenters. The Morgan fingerprint density at radius 2 is 1.60 bits per heavy atom. The summed E-state index contributed by atoms with van der Waals surface area (Å²) in [5.41, 5.74) is 11.1. The summed E-state index contributed by atoms with van der Waals surface area (Å²) < 4.78 is 5.90. The first-order valence-electron chi connectivity index (χ1n) is 14.0. The minimum Gasteiger partial charge on any atom is -0.380 e. The molecule has 0 atom stereocenters. The minimum atomic E-state index is -0.512. The molecule has 0 radical (unpaired) electrons. The van der Waals surface area contributed by atoms with Crippen LogP contribution in [0, 0.1) is 5.92 Å². The van der Waals surface area contributed by atoms with Crippen LogP contribution in [0.4, 0.5) is 22.9 Å². The Morgan fingerprint density at radius 3 is 2.27 bits per heavy atom. The number of carbonyl (C=O) groups excluding carboxylic acids is 1. The maximum absolute atomic E-state index is 11.9. The van der Waals surface area contributed by atoms with Gasteiger partial charge < -0.3 is 26.0 Å². The third kappa shape index (κ3) is 7.61. The normalized spacial score (nSPS) is 13.7. The van der Waals surface area contributed by atoms with Crippen LogP contribution in [0.25, 0.3) is 0 Å². The number of anilines is 4. The average molecular weight is 536 g/mol. The summed E-state index contributed by atoms with van der Waals surface area (Å²) in [5.74, 6) is 0.846. The molecule has 0 bridgehead atoms. The second kappa shape index (κ2) is 13.6. The van der Waals surface area contributed by atoms with Gasteiger partial charge in [0.25, 0.3) is 5.91 Å². The van der Waals surface area contributed by atoms with Gasteiger partial charge in [-0.1, -0.05) is 60.7 Å². The van der Waals surface area contributed by atoms with Gasteiger partial charge in [-0.3, -0.25) is 4.79 Å². The van der Waals surface area contributed by atoms with Crippen LogP contribution in [0.1, 0.15) is 40.7 Å². The van der Waals surface area contributed by atoms with Crippen molar-refractivity contribution in [2.75, 3.05) is 35.2 Å². The second-order valence-corrected chi connectivity index (χ2v) is 10.2. The number of nitrogens with zero attached hydrogens (tertiary/aromatic N) is 2. The first-order chi connectivity index (χ1) is 19.6. The molecule has 4 N–H and O–H groups in total. The molecule has 2 heterocycles. The van der Waals surface area contributed by atoms with E-state index in [2.05, 4.69) is 69.0 Å². The van der Waals surface area contributed by atoms with E-state index >= 15 is 0 Å². The van der Waals surface area contributed by atoms with E-state index in [0.29, 0.717) is 36.1 Å². The van der Waals surface area contributed by atoms with Crippen molar-refractivity contribution in [3.8, 4) is 0 Å². The molecule has 1 aromatic heterocycles. The number of carbonyl (C=O) groups is 1. The second-order valence-electron chi connectivity index (χ2n) is 10.2. The van der Waals surface area contributed by atoms with Gasteiger partial charge >= 0.3 is 0 Å². The molecule has 1 aliphatic rings. The number of hydrogen-bond acceptors (Lipinski definition) is 6. The van der Waals surface area contributed by atoms with Gasteiger partial charge in [0.15, 0.2) is 0 Å². The van der Waals surface area contributed by atoms with Gasteiger partial charge in [0.2, 0.25) is 0 Å². The van der Waals surface area contributed by atoms with Gasteiger partial charge in [-0.15, -0.1) is 0 Å². The number of piperidine rings is 1. The molecule has 7 heteroatoms. The van der Waals surface area contributed by atoms with E-state index in [1.165, 1.54) is 30.3 Å². The zero-order valence-corrected chi connectivity index (χ0v) is 22.8. The zero-order valence-electron chi connectivity index (χ0n) is 22.8. The summed E-state index contributed by atoms with van der Waals surface area (Å²) in [6.45, 7) is 4.20. The van der Waals surface area contributed by atoms with Crippen LogP contribution in [0.5, 0.6) is 0 Å². The van der Waals surface area contributed by atoms with Crippen LogP contribution >= 0.6 is 0 Å². The van der Waals surface area contributed by atoms with E-state index in [1.807, 2.05) is 42.5 Å². The van der Waals surface area contributed by atoms with Gasteiger partial charge in [0, 0.05) is 49.9 Å². The highest BCUT2D eigenvalue weighted by Gasteiger charge is 2.19. The molecule has 206 valence electrons. The fourth-order valence-corrected chi connectivity index (χ4v) is 5.06. The van der Waals surface area contributed by atoms with Crippen molar-refractivity contribution < 1.29 is 9.53 Å². The van der Waals surface area contributed by atoms with Crippen LogP contribution in [-0.2, 0) is 17.9 Å². The lowest BCUT2D eigenvalue weighted by atomic mass is 9.93. The third-order valence-corrected chi connectivity index (χ3v) is 7.40. The number of pyridine rings is 1. The van der Waals surface area contributed by atoms with Crippen molar-refractivity contribution in [1.82, 2.24) is 4.98 Å². The number of amides is 1. The Balaban J connectivity index is 1.10. The molecular formula is C33H37N5O2. The molecule has 1 aliphatic heterocycles. The smallest absolute Gasteiger partial charge is 0.252 e. The molecule has 0 spiro atoms. The van der Waals surface area contributed by atoms with Crippen LogP contribution in [0.2, 0.25) is 0 Å². The van der Waals surface area contributed by atoms with Crippen molar-refractivity contribution in [1.29, 1.82) is 0 Å². The quantitative estimate of drug-likeness (QED) is 0.183. The average Bonchev–Trinajstić information content (AvgIpc) is 3.00. The fraction of sp³-hybridized carbons (Fsp3) is 0.273. The summed E-state index contributed by atoms with van der Waals surface area (Å²) in [4.78, 5) is 18.8. The summed E-state index contributed by atoms with van der Waals surface area (Å²) in [6.07, 6.45) is 5.00. The Bertz CT molecular complexity index is 1360. The highest BCUT2D eigenvalue weighted by Crippen LogP contribution is 2.28. The number of ether oxygens (including phenoxy) is 1. The van der Waals surface area contributed by atoms with E-state index in [9.17, 15) is 4.79 Å². The third-order valence-electron chi connectivity index (χ3n) is 7.40. The fourth-order valence-electron chi connectivity index (χ4n) is 5.06. The first-order valence-corrected chi connectivity index (χ1v) is 14.0. The number of rotatable bonds is 12. The standard InChI is InChI=1S/C33H37N5O2/c34-33(39)30-23-36-32(21-31(30)35-22-26-7-3-1-4-8-26)37-28-11-13-29(14-12-28)38-18-15-25(16-19-38)17-20-40-24-27-9-5-2-6-10-27/h1-14,21,23,25H,15-20,22,24H2,(H2,34,39)(H2,35,36,37). The Hall–Kier alpha value is -4.36. The number of aromatic nitrogens is 1. The van der Waals surface area contributed by atoms with Crippen LogP contribution in [0.3, 0.4) is 0 Å². The predicted molar refractivity (Wildman–Crippen MR) is 162 cm³/mol. The number of hydrogen-bond donors (Lipinski definition) is 3. The molecule has 40 heavy (non-hydrogen) atoms. The van der Waals surface area contributed by atoms with E-state index in [4.69, 9.17) is 10.5 Å². The topological polar surface area (TPSA) is 92.5 Å². The number of benzene rings is 3. The van der Waals surface area contributed by atoms with E-state index < -0.39 is 5.91 Å². The largest absolute Gasteiger partial charge is 0.380 e. The summed E-state index contributed by atoms with van der Waals surface area (Å²) in [7, 11) is 0. The predicted octanol–water partition coefficient (Wildman–Crippen LogP) is 6.36. The monoisotopic (exact) mass is 535 g/mol. The van der Waals surface area contributed by atoms with Gasteiger partial charge in [0.1, 0.15) is 5.82 Å². The van der Waals surface area contributed by atoms with Gasteiger partial charge in [-0.05, 0) is 60.6 Å². The van der Waals surface area contributed by atoms with E-state index in [1.54, 1.807) is 0 Å². The van der Waals surface area contributed by atoms with Crippen LogP contribution < -0.4 is 21.3 Å². The molecule has 0 aliphatic carbocycles. The molecular weight excluding hydrogens is 498 g/mol. The highest BCUT2D eigenvalue weighted by molar-refractivity contribution is 5.98. The lowest BCUT2D eigenvalue weighted by Crippen LogP contribution is -2.33. The summed E-state index contributed by atoms with van der Waals surface area (Å²) >= 11 is 0. The lowest BCUT2D eigenvalue weighted by molar-refractivity contribution is 0.100. The first kappa shape index (κ1) is 27.2. The number of primary amides is 1. The Kier molecular flexibility index (Phi) is 9.27. The molecule has 5 rings (SSSR count). The molecule has 7 nitrogen and oxygen atoms in total. The van der Waals surface area contributed by atoms with Crippen molar-refractivity contribution in [3.63, 3.8) is 0 Å². The zero-order chi connectivity index (χ0) is 27.6. The minimum absolute atomic E-state index is 0.364. The van der Waals surface area contributed by atoms with E-state index in [0.717, 1.165) is 37.4 Å². The Morgan fingerprint density at radius 1 is 0.925 bits per heavy atom. The molecule has 1 saturated heterocycles. The Labute approximate surface area is 236 Å². The van der Waals surface area contributed by atoms with Crippen LogP contribution in [-0.4, -0.2) is 30.6 Å².